The first-order valence-corrected chi connectivity index (χ1v) is 6.89. The van der Waals surface area contributed by atoms with E-state index in [1.165, 1.54) is 0 Å². The van der Waals surface area contributed by atoms with Crippen molar-refractivity contribution in [1.29, 1.82) is 0 Å². The molecule has 4 nitrogen and oxygen atoms in total. The van der Waals surface area contributed by atoms with Crippen LogP contribution in [-0.2, 0) is 14.9 Å². The van der Waals surface area contributed by atoms with Gasteiger partial charge in [0.15, 0.2) is 0 Å². The van der Waals surface area contributed by atoms with Gasteiger partial charge in [-0.1, -0.05) is 12.8 Å². The van der Waals surface area contributed by atoms with Gasteiger partial charge in [0.2, 0.25) is 0 Å². The number of hydrogen-bond acceptors (Lipinski definition) is 3. The topological polar surface area (TPSA) is 71.4 Å². The summed E-state index contributed by atoms with van der Waals surface area (Å²) in [4.78, 5) is 11.0. The summed E-state index contributed by atoms with van der Waals surface area (Å²) in [5.74, 6) is 4.79. The SMILES string of the molecule is CC#CC(CCCC(=O)CC)CS(=O)(=O)O. The van der Waals surface area contributed by atoms with E-state index in [1.54, 1.807) is 13.8 Å². The van der Waals surface area contributed by atoms with Gasteiger partial charge in [0.1, 0.15) is 5.78 Å². The largest absolute Gasteiger partial charge is 0.300 e. The van der Waals surface area contributed by atoms with Gasteiger partial charge in [0, 0.05) is 18.8 Å². The summed E-state index contributed by atoms with van der Waals surface area (Å²) in [6.07, 6.45) is 2.08. The molecule has 0 aliphatic heterocycles. The molecule has 0 aromatic rings. The smallest absolute Gasteiger partial charge is 0.266 e. The molecule has 0 radical (unpaired) electrons. The second-order valence-corrected chi connectivity index (χ2v) is 5.12. The summed E-state index contributed by atoms with van der Waals surface area (Å²) in [7, 11) is -3.99. The average Bonchev–Trinajstić information content (AvgIpc) is 2.15. The van der Waals surface area contributed by atoms with Crippen LogP contribution in [0.2, 0.25) is 0 Å². The highest BCUT2D eigenvalue weighted by atomic mass is 32.2. The summed E-state index contributed by atoms with van der Waals surface area (Å²) in [5, 5.41) is 0. The van der Waals surface area contributed by atoms with Crippen LogP contribution in [0.4, 0.5) is 0 Å². The predicted molar refractivity (Wildman–Crippen MR) is 62.5 cm³/mol. The Bertz CT molecular complexity index is 373. The molecule has 5 heteroatoms. The number of carbonyl (C=O) groups is 1. The van der Waals surface area contributed by atoms with Gasteiger partial charge in [-0.2, -0.15) is 8.42 Å². The van der Waals surface area contributed by atoms with Crippen molar-refractivity contribution < 1.29 is 17.8 Å². The maximum absolute atomic E-state index is 11.0. The molecule has 0 aliphatic rings. The van der Waals surface area contributed by atoms with Crippen molar-refractivity contribution in [2.45, 2.75) is 39.5 Å². The summed E-state index contributed by atoms with van der Waals surface area (Å²) in [6, 6.07) is 0. The zero-order chi connectivity index (χ0) is 12.6. The van der Waals surface area contributed by atoms with Crippen LogP contribution in [0.5, 0.6) is 0 Å². The lowest BCUT2D eigenvalue weighted by atomic mass is 10.0. The third kappa shape index (κ3) is 8.45. The summed E-state index contributed by atoms with van der Waals surface area (Å²) >= 11 is 0. The van der Waals surface area contributed by atoms with Crippen LogP contribution in [0.3, 0.4) is 0 Å². The fraction of sp³-hybridized carbons (Fsp3) is 0.727. The molecule has 0 aromatic heterocycles. The lowest BCUT2D eigenvalue weighted by Gasteiger charge is -2.07. The van der Waals surface area contributed by atoms with E-state index >= 15 is 0 Å². The average molecular weight is 246 g/mol. The van der Waals surface area contributed by atoms with E-state index in [9.17, 15) is 13.2 Å². The molecular formula is C11H18O4S. The molecule has 0 aromatic carbocycles. The summed E-state index contributed by atoms with van der Waals surface area (Å²) < 4.78 is 30.1. The second kappa shape index (κ2) is 7.42. The van der Waals surface area contributed by atoms with E-state index in [4.69, 9.17) is 4.55 Å². The molecule has 0 heterocycles. The standard InChI is InChI=1S/C11H18O4S/c1-3-6-10(9-16(13,14)15)7-5-8-11(12)4-2/h10H,4-5,7-9H2,1-2H3,(H,13,14,15). The molecule has 1 N–H and O–H groups in total. The Balaban J connectivity index is 4.14. The zero-order valence-corrected chi connectivity index (χ0v) is 10.5. The highest BCUT2D eigenvalue weighted by Gasteiger charge is 2.14. The Hall–Kier alpha value is -0.860. The predicted octanol–water partition coefficient (Wildman–Crippen LogP) is 1.66. The minimum atomic E-state index is -3.99. The highest BCUT2D eigenvalue weighted by molar-refractivity contribution is 7.85. The van der Waals surface area contributed by atoms with Gasteiger partial charge >= 0.3 is 0 Å². The first-order chi connectivity index (χ1) is 7.39. The van der Waals surface area contributed by atoms with Crippen molar-refractivity contribution in [2.75, 3.05) is 5.75 Å². The van der Waals surface area contributed by atoms with E-state index in [0.717, 1.165) is 0 Å². The quantitative estimate of drug-likeness (QED) is 0.548. The van der Waals surface area contributed by atoms with Crippen molar-refractivity contribution in [3.05, 3.63) is 0 Å². The second-order valence-electron chi connectivity index (χ2n) is 3.62. The molecule has 1 unspecified atom stereocenters. The van der Waals surface area contributed by atoms with Crippen molar-refractivity contribution in [2.24, 2.45) is 5.92 Å². The zero-order valence-electron chi connectivity index (χ0n) is 9.69. The Labute approximate surface area is 97.2 Å². The van der Waals surface area contributed by atoms with E-state index in [2.05, 4.69) is 11.8 Å². The van der Waals surface area contributed by atoms with Gasteiger partial charge in [0.25, 0.3) is 10.1 Å². The van der Waals surface area contributed by atoms with Gasteiger partial charge in [-0.3, -0.25) is 9.35 Å². The molecule has 0 aliphatic carbocycles. The highest BCUT2D eigenvalue weighted by Crippen LogP contribution is 2.11. The Morgan fingerprint density at radius 3 is 2.50 bits per heavy atom. The van der Waals surface area contributed by atoms with Crippen LogP contribution in [0, 0.1) is 17.8 Å². The van der Waals surface area contributed by atoms with E-state index < -0.39 is 10.1 Å². The molecule has 92 valence electrons. The maximum atomic E-state index is 11.0. The molecule has 0 spiro atoms. The van der Waals surface area contributed by atoms with Gasteiger partial charge in [-0.25, -0.2) is 0 Å². The lowest BCUT2D eigenvalue weighted by Crippen LogP contribution is -2.14. The first-order valence-electron chi connectivity index (χ1n) is 5.28. The third-order valence-electron chi connectivity index (χ3n) is 2.16. The van der Waals surface area contributed by atoms with Crippen LogP contribution >= 0.6 is 0 Å². The molecule has 0 rings (SSSR count). The fourth-order valence-electron chi connectivity index (χ4n) is 1.38. The number of hydrogen-bond donors (Lipinski definition) is 1. The molecule has 1 atom stereocenters. The number of Topliss-reactive ketones (excluding diaryl/α,β-unsaturated/α-hetero) is 1. The summed E-state index contributed by atoms with van der Waals surface area (Å²) in [5.41, 5.74) is 0. The van der Waals surface area contributed by atoms with Crippen molar-refractivity contribution in [3.8, 4) is 11.8 Å². The van der Waals surface area contributed by atoms with Gasteiger partial charge in [0.05, 0.1) is 5.75 Å². The van der Waals surface area contributed by atoms with Crippen molar-refractivity contribution in [1.82, 2.24) is 0 Å². The monoisotopic (exact) mass is 246 g/mol. The number of rotatable bonds is 7. The molecule has 16 heavy (non-hydrogen) atoms. The van der Waals surface area contributed by atoms with Crippen LogP contribution in [0.1, 0.15) is 39.5 Å². The summed E-state index contributed by atoms with van der Waals surface area (Å²) in [6.45, 7) is 3.41. The van der Waals surface area contributed by atoms with Gasteiger partial charge < -0.3 is 0 Å². The minimum Gasteiger partial charge on any atom is -0.300 e. The lowest BCUT2D eigenvalue weighted by molar-refractivity contribution is -0.118. The first kappa shape index (κ1) is 15.1. The van der Waals surface area contributed by atoms with E-state index in [1.807, 2.05) is 0 Å². The molecule has 0 saturated heterocycles. The molecule has 0 saturated carbocycles. The number of ketones is 1. The maximum Gasteiger partial charge on any atom is 0.266 e. The van der Waals surface area contributed by atoms with Crippen LogP contribution in [0.25, 0.3) is 0 Å². The van der Waals surface area contributed by atoms with Gasteiger partial charge in [-0.05, 0) is 19.8 Å². The Morgan fingerprint density at radius 1 is 1.44 bits per heavy atom. The van der Waals surface area contributed by atoms with E-state index in [-0.39, 0.29) is 17.5 Å². The minimum absolute atomic E-state index is 0.162. The normalized spacial score (nSPS) is 12.7. The van der Waals surface area contributed by atoms with Crippen molar-refractivity contribution in [3.63, 3.8) is 0 Å². The molecule has 0 fully saturated rings. The van der Waals surface area contributed by atoms with Crippen molar-refractivity contribution >= 4 is 15.9 Å². The fourth-order valence-corrected chi connectivity index (χ4v) is 2.14. The van der Waals surface area contributed by atoms with E-state index in [0.29, 0.717) is 25.7 Å². The Kier molecular flexibility index (Phi) is 7.02. The van der Waals surface area contributed by atoms with Crippen LogP contribution < -0.4 is 0 Å². The third-order valence-corrected chi connectivity index (χ3v) is 2.99. The Morgan fingerprint density at radius 2 is 2.06 bits per heavy atom. The molecule has 0 bridgehead atoms. The molecule has 0 amide bonds. The van der Waals surface area contributed by atoms with Crippen LogP contribution in [0.15, 0.2) is 0 Å². The molecular weight excluding hydrogens is 228 g/mol. The number of carbonyl (C=O) groups excluding carboxylic acids is 1. The van der Waals surface area contributed by atoms with Gasteiger partial charge in [-0.15, -0.1) is 5.92 Å². The van der Waals surface area contributed by atoms with Crippen LogP contribution in [-0.4, -0.2) is 24.5 Å².